The zero-order chi connectivity index (χ0) is 16.4. The maximum atomic E-state index is 13.8. The maximum Gasteiger partial charge on any atom is 0.237 e. The van der Waals surface area contributed by atoms with Crippen LogP contribution in [0.1, 0.15) is 29.9 Å². The fraction of sp³-hybridized carbons (Fsp3) is 0.278. The van der Waals surface area contributed by atoms with Crippen LogP contribution < -0.4 is 4.90 Å². The SMILES string of the molecule is O=C(CBr)N1CCC[C@H](c2ccc(F)cc2)c2ccc(F)cc21. The molecule has 0 aliphatic carbocycles. The number of halogens is 3. The Hall–Kier alpha value is -1.75. The van der Waals surface area contributed by atoms with Gasteiger partial charge < -0.3 is 4.90 Å². The van der Waals surface area contributed by atoms with E-state index in [1.54, 1.807) is 23.1 Å². The van der Waals surface area contributed by atoms with E-state index in [2.05, 4.69) is 15.9 Å². The molecule has 120 valence electrons. The largest absolute Gasteiger partial charge is 0.311 e. The van der Waals surface area contributed by atoms with Crippen molar-refractivity contribution >= 4 is 27.5 Å². The van der Waals surface area contributed by atoms with Crippen molar-refractivity contribution < 1.29 is 13.6 Å². The molecule has 1 aliphatic rings. The van der Waals surface area contributed by atoms with Crippen LogP contribution in [-0.2, 0) is 4.79 Å². The number of benzene rings is 2. The third-order valence-corrected chi connectivity index (χ3v) is 4.70. The molecule has 23 heavy (non-hydrogen) atoms. The number of carbonyl (C=O) groups excluding carboxylic acids is 1. The van der Waals surface area contributed by atoms with E-state index in [9.17, 15) is 13.6 Å². The van der Waals surface area contributed by atoms with Gasteiger partial charge in [-0.05, 0) is 48.2 Å². The lowest BCUT2D eigenvalue weighted by atomic mass is 9.87. The Morgan fingerprint density at radius 3 is 2.52 bits per heavy atom. The standard InChI is InChI=1S/C18H16BrF2NO/c19-11-18(23)22-9-1-2-15(12-3-5-13(20)6-4-12)16-8-7-14(21)10-17(16)22/h3-8,10,15H,1-2,9,11H2/t15-/m1/s1. The van der Waals surface area contributed by atoms with Gasteiger partial charge >= 0.3 is 0 Å². The van der Waals surface area contributed by atoms with Gasteiger partial charge in [0, 0.05) is 12.5 Å². The Morgan fingerprint density at radius 1 is 1.13 bits per heavy atom. The molecule has 3 rings (SSSR count). The molecule has 1 aliphatic heterocycles. The molecule has 2 aromatic carbocycles. The number of alkyl halides is 1. The first-order chi connectivity index (χ1) is 11.1. The predicted molar refractivity (Wildman–Crippen MR) is 90.0 cm³/mol. The van der Waals surface area contributed by atoms with E-state index in [1.807, 2.05) is 0 Å². The van der Waals surface area contributed by atoms with Gasteiger partial charge in [0.1, 0.15) is 11.6 Å². The van der Waals surface area contributed by atoms with Crippen molar-refractivity contribution in [3.63, 3.8) is 0 Å². The lowest BCUT2D eigenvalue weighted by Crippen LogP contribution is -2.32. The van der Waals surface area contributed by atoms with Crippen LogP contribution in [-0.4, -0.2) is 17.8 Å². The Kier molecular flexibility index (Phi) is 4.76. The molecule has 0 radical (unpaired) electrons. The lowest BCUT2D eigenvalue weighted by molar-refractivity contribution is -0.116. The number of fused-ring (bicyclic) bond motifs is 1. The molecule has 1 amide bonds. The summed E-state index contributed by atoms with van der Waals surface area (Å²) in [5.74, 6) is -0.704. The van der Waals surface area contributed by atoms with Gasteiger partial charge in [-0.2, -0.15) is 0 Å². The van der Waals surface area contributed by atoms with E-state index in [0.29, 0.717) is 12.2 Å². The summed E-state index contributed by atoms with van der Waals surface area (Å²) >= 11 is 3.19. The van der Waals surface area contributed by atoms with Crippen molar-refractivity contribution in [3.05, 3.63) is 65.2 Å². The second kappa shape index (κ2) is 6.79. The Morgan fingerprint density at radius 2 is 1.83 bits per heavy atom. The van der Waals surface area contributed by atoms with E-state index in [4.69, 9.17) is 0 Å². The molecule has 2 aromatic rings. The molecule has 0 saturated heterocycles. The molecular formula is C18H16BrF2NO. The molecule has 0 N–H and O–H groups in total. The molecule has 0 spiro atoms. The molecule has 0 fully saturated rings. The normalized spacial score (nSPS) is 17.5. The predicted octanol–water partition coefficient (Wildman–Crippen LogP) is 4.62. The average molecular weight is 380 g/mol. The van der Waals surface area contributed by atoms with E-state index in [0.717, 1.165) is 24.0 Å². The second-order valence-electron chi connectivity index (χ2n) is 5.63. The van der Waals surface area contributed by atoms with E-state index in [-0.39, 0.29) is 28.8 Å². The van der Waals surface area contributed by atoms with E-state index < -0.39 is 0 Å². The van der Waals surface area contributed by atoms with Gasteiger partial charge in [-0.3, -0.25) is 4.79 Å². The summed E-state index contributed by atoms with van der Waals surface area (Å²) in [7, 11) is 0. The number of hydrogen-bond acceptors (Lipinski definition) is 1. The smallest absolute Gasteiger partial charge is 0.237 e. The van der Waals surface area contributed by atoms with Crippen molar-refractivity contribution in [1.82, 2.24) is 0 Å². The van der Waals surface area contributed by atoms with Gasteiger partial charge in [0.2, 0.25) is 5.91 Å². The second-order valence-corrected chi connectivity index (χ2v) is 6.19. The summed E-state index contributed by atoms with van der Waals surface area (Å²) in [6.45, 7) is 0.554. The number of anilines is 1. The fourth-order valence-electron chi connectivity index (χ4n) is 3.15. The maximum absolute atomic E-state index is 13.8. The molecule has 0 aromatic heterocycles. The zero-order valence-corrected chi connectivity index (χ0v) is 14.0. The highest BCUT2D eigenvalue weighted by atomic mass is 79.9. The minimum atomic E-state index is -0.365. The Labute approximate surface area is 142 Å². The fourth-order valence-corrected chi connectivity index (χ4v) is 3.45. The van der Waals surface area contributed by atoms with Crippen molar-refractivity contribution in [2.75, 3.05) is 16.8 Å². The molecule has 0 unspecified atom stereocenters. The van der Waals surface area contributed by atoms with Gasteiger partial charge in [-0.1, -0.05) is 34.1 Å². The number of amides is 1. The lowest BCUT2D eigenvalue weighted by Gasteiger charge is -2.24. The van der Waals surface area contributed by atoms with Crippen LogP contribution in [0.3, 0.4) is 0 Å². The van der Waals surface area contributed by atoms with E-state index >= 15 is 0 Å². The van der Waals surface area contributed by atoms with Crippen LogP contribution in [0.2, 0.25) is 0 Å². The highest BCUT2D eigenvalue weighted by molar-refractivity contribution is 9.09. The molecule has 2 nitrogen and oxygen atoms in total. The van der Waals surface area contributed by atoms with Gasteiger partial charge in [-0.25, -0.2) is 8.78 Å². The molecule has 0 saturated carbocycles. The minimum absolute atomic E-state index is 0.0272. The summed E-state index contributed by atoms with van der Waals surface area (Å²) in [6, 6.07) is 11.0. The van der Waals surface area contributed by atoms with Crippen molar-refractivity contribution in [3.8, 4) is 0 Å². The molecule has 0 bridgehead atoms. The summed E-state index contributed by atoms with van der Waals surface area (Å²) in [6.07, 6.45) is 1.63. The van der Waals surface area contributed by atoms with Gasteiger partial charge in [0.05, 0.1) is 11.0 Å². The number of nitrogens with zero attached hydrogens (tertiary/aromatic N) is 1. The zero-order valence-electron chi connectivity index (χ0n) is 12.4. The number of rotatable bonds is 2. The van der Waals surface area contributed by atoms with Crippen LogP contribution >= 0.6 is 15.9 Å². The van der Waals surface area contributed by atoms with Crippen LogP contribution in [0.25, 0.3) is 0 Å². The topological polar surface area (TPSA) is 20.3 Å². The monoisotopic (exact) mass is 379 g/mol. The number of carbonyl (C=O) groups is 1. The van der Waals surface area contributed by atoms with Crippen LogP contribution in [0, 0.1) is 11.6 Å². The highest BCUT2D eigenvalue weighted by Gasteiger charge is 2.27. The summed E-state index contributed by atoms with van der Waals surface area (Å²) < 4.78 is 26.9. The van der Waals surface area contributed by atoms with E-state index in [1.165, 1.54) is 24.3 Å². The molecular weight excluding hydrogens is 364 g/mol. The molecule has 1 heterocycles. The van der Waals surface area contributed by atoms with Crippen LogP contribution in [0.15, 0.2) is 42.5 Å². The van der Waals surface area contributed by atoms with Gasteiger partial charge in [-0.15, -0.1) is 0 Å². The molecule has 5 heteroatoms. The summed E-state index contributed by atoms with van der Waals surface area (Å²) in [5, 5.41) is 0.199. The molecule has 1 atom stereocenters. The van der Waals surface area contributed by atoms with Crippen LogP contribution in [0.5, 0.6) is 0 Å². The first-order valence-electron chi connectivity index (χ1n) is 7.51. The van der Waals surface area contributed by atoms with Crippen molar-refractivity contribution in [2.24, 2.45) is 0 Å². The Bertz CT molecular complexity index is 717. The summed E-state index contributed by atoms with van der Waals surface area (Å²) in [4.78, 5) is 13.8. The van der Waals surface area contributed by atoms with Crippen molar-refractivity contribution in [1.29, 1.82) is 0 Å². The average Bonchev–Trinajstić information content (AvgIpc) is 2.74. The van der Waals surface area contributed by atoms with Crippen molar-refractivity contribution in [2.45, 2.75) is 18.8 Å². The third kappa shape index (κ3) is 3.29. The third-order valence-electron chi connectivity index (χ3n) is 4.22. The van der Waals surface area contributed by atoms with Gasteiger partial charge in [0.25, 0.3) is 0 Å². The minimum Gasteiger partial charge on any atom is -0.311 e. The van der Waals surface area contributed by atoms with Crippen LogP contribution in [0.4, 0.5) is 14.5 Å². The number of hydrogen-bond donors (Lipinski definition) is 0. The first-order valence-corrected chi connectivity index (χ1v) is 8.63. The first kappa shape index (κ1) is 16.1. The highest BCUT2D eigenvalue weighted by Crippen LogP contribution is 2.39. The summed E-state index contributed by atoms with van der Waals surface area (Å²) in [5.41, 5.74) is 2.50. The van der Waals surface area contributed by atoms with Gasteiger partial charge in [0.15, 0.2) is 0 Å². The Balaban J connectivity index is 2.09. The quantitative estimate of drug-likeness (QED) is 0.697.